The maximum absolute atomic E-state index is 14.1. The summed E-state index contributed by atoms with van der Waals surface area (Å²) in [6.07, 6.45) is -23.5. The zero-order chi connectivity index (χ0) is 37.8. The Bertz CT molecular complexity index is 1020. The first-order valence-corrected chi connectivity index (χ1v) is 11.3. The number of rotatable bonds is 16. The number of hydrogen-bond donors (Lipinski definition) is 3. The molecule has 47 heavy (non-hydrogen) atoms. The lowest BCUT2D eigenvalue weighted by atomic mass is 9.82. The van der Waals surface area contributed by atoms with E-state index in [4.69, 9.17) is 10.2 Å². The molecule has 1 atom stereocenters. The highest BCUT2D eigenvalue weighted by atomic mass is 127. The van der Waals surface area contributed by atoms with Crippen LogP contribution in [0.2, 0.25) is 0 Å². The lowest BCUT2D eigenvalue weighted by molar-refractivity contribution is -0.913. The molecule has 0 aliphatic carbocycles. The van der Waals surface area contributed by atoms with E-state index in [0.29, 0.717) is 0 Å². The molecule has 286 valence electrons. The molecule has 0 radical (unpaired) electrons. The summed E-state index contributed by atoms with van der Waals surface area (Å²) in [5.74, 6) is -71.4. The first-order valence-electron chi connectivity index (χ1n) is 11.3. The lowest BCUT2D eigenvalue weighted by Crippen LogP contribution is -3.00. The number of alkyl halides is 23. The third-order valence-corrected chi connectivity index (χ3v) is 6.46. The van der Waals surface area contributed by atoms with Crippen molar-refractivity contribution in [1.29, 1.82) is 0 Å². The minimum absolute atomic E-state index is 0. The van der Waals surface area contributed by atoms with E-state index in [1.807, 2.05) is 0 Å². The van der Waals surface area contributed by atoms with Gasteiger partial charge in [0.05, 0.1) is 20.3 Å². The van der Waals surface area contributed by atoms with Crippen molar-refractivity contribution in [1.82, 2.24) is 0 Å². The van der Waals surface area contributed by atoms with Gasteiger partial charge in [0.1, 0.15) is 25.7 Å². The molecule has 0 saturated carbocycles. The Kier molecular flexibility index (Phi) is 13.9. The number of aliphatic hydroxyl groups excluding tert-OH is 3. The van der Waals surface area contributed by atoms with E-state index in [9.17, 15) is 106 Å². The summed E-state index contributed by atoms with van der Waals surface area (Å²) in [6.45, 7) is -4.56. The molecule has 4 nitrogen and oxygen atoms in total. The number of quaternary nitrogens is 1. The summed E-state index contributed by atoms with van der Waals surface area (Å²) in [5.41, 5.74) is -9.07. The first kappa shape index (κ1) is 48.1. The molecule has 28 heteroatoms. The monoisotopic (exact) mass is 873 g/mol. The molecule has 0 aromatic heterocycles. The molecule has 0 fully saturated rings. The average Bonchev–Trinajstić information content (AvgIpc) is 2.80. The maximum atomic E-state index is 14.1. The van der Waals surface area contributed by atoms with Gasteiger partial charge in [0.2, 0.25) is 0 Å². The number of hydrogen-bond acceptors (Lipinski definition) is 3. The van der Waals surface area contributed by atoms with Gasteiger partial charge in [-0.05, 0) is 0 Å². The summed E-state index contributed by atoms with van der Waals surface area (Å²) in [6, 6.07) is 0. The summed E-state index contributed by atoms with van der Waals surface area (Å²) in [5, 5.41) is 27.4. The predicted octanol–water partition coefficient (Wildman–Crippen LogP) is 3.09. The fourth-order valence-corrected chi connectivity index (χ4v) is 3.72. The van der Waals surface area contributed by atoms with E-state index in [-0.39, 0.29) is 24.0 Å². The summed E-state index contributed by atoms with van der Waals surface area (Å²) < 4.78 is 310. The molecule has 0 aromatic carbocycles. The maximum Gasteiger partial charge on any atom is 0.438 e. The summed E-state index contributed by atoms with van der Waals surface area (Å²) >= 11 is 0. The van der Waals surface area contributed by atoms with Crippen molar-refractivity contribution in [2.45, 2.75) is 77.9 Å². The van der Waals surface area contributed by atoms with Gasteiger partial charge in [-0.25, -0.2) is 4.39 Å². The van der Waals surface area contributed by atoms with E-state index < -0.39 is 115 Å². The van der Waals surface area contributed by atoms with Crippen molar-refractivity contribution in [3.05, 3.63) is 0 Å². The normalized spacial score (nSPS) is 16.7. The van der Waals surface area contributed by atoms with Crippen LogP contribution < -0.4 is 24.0 Å². The zero-order valence-corrected chi connectivity index (χ0v) is 24.3. The van der Waals surface area contributed by atoms with E-state index in [2.05, 4.69) is 0 Å². The minimum Gasteiger partial charge on any atom is -1.00 e. The van der Waals surface area contributed by atoms with Crippen LogP contribution in [-0.2, 0) is 0 Å². The zero-order valence-electron chi connectivity index (χ0n) is 22.2. The number of halogens is 24. The number of likely N-dealkylation sites (N-methyl/N-ethyl adjacent to an activating group) is 1. The lowest BCUT2D eigenvalue weighted by Gasteiger charge is -2.46. The number of aliphatic hydroxyl groups is 3. The SMILES string of the molecule is C[N+](CCO)(CCO)CC(O)CC(F)(F)C(F)(F)C(F)(F)C(F)(F)C(F)(F)C(F)(F)C(F)(F)C(F)(F)C(F)(C(F)(F)F)C(F)(F)F.[I-]. The minimum atomic E-state index is -9.54. The fourth-order valence-electron chi connectivity index (χ4n) is 3.72. The highest BCUT2D eigenvalue weighted by molar-refractivity contribution is 5.20. The molecule has 3 N–H and O–H groups in total. The second-order valence-corrected chi connectivity index (χ2v) is 9.93. The van der Waals surface area contributed by atoms with Gasteiger partial charge in [0.25, 0.3) is 0 Å². The van der Waals surface area contributed by atoms with Crippen molar-refractivity contribution < 1.29 is 145 Å². The Morgan fingerprint density at radius 3 is 0.979 bits per heavy atom. The van der Waals surface area contributed by atoms with Crippen LogP contribution in [0.15, 0.2) is 0 Å². The van der Waals surface area contributed by atoms with Crippen LogP contribution in [0.3, 0.4) is 0 Å². The van der Waals surface area contributed by atoms with Crippen LogP contribution >= 0.6 is 0 Å². The Labute approximate surface area is 263 Å². The molecule has 0 heterocycles. The molecule has 0 spiro atoms. The third kappa shape index (κ3) is 7.25. The van der Waals surface area contributed by atoms with Crippen molar-refractivity contribution in [3.8, 4) is 0 Å². The Balaban J connectivity index is 0. The second kappa shape index (κ2) is 13.6. The van der Waals surface area contributed by atoms with Gasteiger partial charge in [0, 0.05) is 6.42 Å². The summed E-state index contributed by atoms with van der Waals surface area (Å²) in [7, 11) is 0.844. The van der Waals surface area contributed by atoms with Crippen LogP contribution in [0.4, 0.5) is 101 Å². The molecular formula is C19H19F23INO3. The highest BCUT2D eigenvalue weighted by Gasteiger charge is 3.00. The first-order chi connectivity index (χ1) is 19.7. The van der Waals surface area contributed by atoms with Gasteiger partial charge in [-0.2, -0.15) is 96.6 Å². The Hall–Kier alpha value is -1.04. The van der Waals surface area contributed by atoms with Crippen LogP contribution in [-0.4, -0.2) is 131 Å². The van der Waals surface area contributed by atoms with Gasteiger partial charge in [-0.1, -0.05) is 0 Å². The van der Waals surface area contributed by atoms with Crippen LogP contribution in [0.25, 0.3) is 0 Å². The number of nitrogens with zero attached hydrogens (tertiary/aromatic N) is 1. The van der Waals surface area contributed by atoms with E-state index >= 15 is 0 Å². The van der Waals surface area contributed by atoms with Gasteiger partial charge in [0.15, 0.2) is 0 Å². The largest absolute Gasteiger partial charge is 1.00 e. The molecule has 0 aliphatic heterocycles. The van der Waals surface area contributed by atoms with Gasteiger partial charge >= 0.3 is 65.4 Å². The average molecular weight is 873 g/mol. The molecule has 0 rings (SSSR count). The molecule has 0 aliphatic rings. The Morgan fingerprint density at radius 1 is 0.468 bits per heavy atom. The van der Waals surface area contributed by atoms with Crippen LogP contribution in [0, 0.1) is 0 Å². The molecule has 0 bridgehead atoms. The standard InChI is InChI=1S/C19H19F23NO3.HI/c1-43(2-4-44,3-5-45)7-8(46)6-9(20,21)11(23,24)13(27,28)15(31,32)17(35,36)16(33,34)14(29,30)12(25,26)10(22,18(37,38)39)19(40,41)42;/h8,44-46H,2-7H2,1H3;1H/q+1;/p-1. The topological polar surface area (TPSA) is 60.7 Å². The molecule has 0 aromatic rings. The van der Waals surface area contributed by atoms with E-state index in [0.717, 1.165) is 7.05 Å². The van der Waals surface area contributed by atoms with Crippen LogP contribution in [0.5, 0.6) is 0 Å². The second-order valence-electron chi connectivity index (χ2n) is 9.93. The predicted molar refractivity (Wildman–Crippen MR) is 101 cm³/mol. The van der Waals surface area contributed by atoms with Crippen molar-refractivity contribution in [2.75, 3.05) is 39.9 Å². The quantitative estimate of drug-likeness (QED) is 0.127. The van der Waals surface area contributed by atoms with E-state index in [1.165, 1.54) is 0 Å². The molecule has 1 unspecified atom stereocenters. The Morgan fingerprint density at radius 2 is 0.723 bits per heavy atom. The molecule has 0 amide bonds. The van der Waals surface area contributed by atoms with E-state index in [1.54, 1.807) is 0 Å². The van der Waals surface area contributed by atoms with Crippen molar-refractivity contribution in [2.24, 2.45) is 0 Å². The summed E-state index contributed by atoms with van der Waals surface area (Å²) in [4.78, 5) is 0. The van der Waals surface area contributed by atoms with Gasteiger partial charge in [-0.15, -0.1) is 0 Å². The van der Waals surface area contributed by atoms with Crippen molar-refractivity contribution in [3.63, 3.8) is 0 Å². The van der Waals surface area contributed by atoms with Gasteiger partial charge < -0.3 is 43.8 Å². The fraction of sp³-hybridized carbons (Fsp3) is 1.00. The van der Waals surface area contributed by atoms with Crippen LogP contribution in [0.1, 0.15) is 6.42 Å². The third-order valence-electron chi connectivity index (χ3n) is 6.46. The molecule has 0 saturated heterocycles. The smallest absolute Gasteiger partial charge is 0.438 e. The van der Waals surface area contributed by atoms with Crippen molar-refractivity contribution >= 4 is 0 Å². The van der Waals surface area contributed by atoms with Gasteiger partial charge in [-0.3, -0.25) is 0 Å². The molecular weight excluding hydrogens is 854 g/mol. The highest BCUT2D eigenvalue weighted by Crippen LogP contribution is 2.68.